The highest BCUT2D eigenvalue weighted by molar-refractivity contribution is 8.00. The number of nitrogens with two attached hydrogens (primary N) is 1. The zero-order valence-electron chi connectivity index (χ0n) is 16.6. The number of benzene rings is 2. The van der Waals surface area contributed by atoms with Gasteiger partial charge < -0.3 is 16.0 Å². The molecule has 2 aromatic carbocycles. The van der Waals surface area contributed by atoms with Crippen LogP contribution in [0, 0.1) is 17.1 Å². The molecule has 2 aromatic rings. The van der Waals surface area contributed by atoms with Crippen LogP contribution in [-0.2, 0) is 6.42 Å². The van der Waals surface area contributed by atoms with Crippen LogP contribution in [0.2, 0.25) is 0 Å². The van der Waals surface area contributed by atoms with E-state index < -0.39 is 11.7 Å². The number of nitrogens with one attached hydrogen (secondary N) is 1. The van der Waals surface area contributed by atoms with Crippen LogP contribution in [0.5, 0.6) is 0 Å². The van der Waals surface area contributed by atoms with Gasteiger partial charge in [-0.3, -0.25) is 9.59 Å². The lowest BCUT2D eigenvalue weighted by molar-refractivity contribution is 0.0678. The number of fused-ring (bicyclic) bond motifs is 1. The van der Waals surface area contributed by atoms with Gasteiger partial charge in [-0.1, -0.05) is 24.3 Å². The van der Waals surface area contributed by atoms with Crippen molar-refractivity contribution >= 4 is 29.3 Å². The Bertz CT molecular complexity index is 1010. The van der Waals surface area contributed by atoms with Gasteiger partial charge in [-0.2, -0.15) is 11.8 Å². The third-order valence-electron chi connectivity index (χ3n) is 5.93. The number of amides is 2. The van der Waals surface area contributed by atoms with Gasteiger partial charge in [-0.15, -0.1) is 0 Å². The number of hydrogen-bond donors (Lipinski definition) is 2. The average Bonchev–Trinajstić information content (AvgIpc) is 3.22. The predicted molar refractivity (Wildman–Crippen MR) is 117 cm³/mol. The average molecular weight is 426 g/mol. The second-order valence-corrected chi connectivity index (χ2v) is 9.22. The summed E-state index contributed by atoms with van der Waals surface area (Å²) in [5, 5.41) is 9.03. The van der Waals surface area contributed by atoms with Crippen LogP contribution in [0.25, 0.3) is 0 Å². The number of carbonyl (C=O) groups is 2. The third-order valence-corrected chi connectivity index (χ3v) is 7.45. The van der Waals surface area contributed by atoms with Crippen LogP contribution >= 0.6 is 11.8 Å². The molecule has 2 amide bonds. The molecule has 2 heterocycles. The normalized spacial score (nSPS) is 20.6. The van der Waals surface area contributed by atoms with Crippen molar-refractivity contribution in [2.24, 2.45) is 11.7 Å². The summed E-state index contributed by atoms with van der Waals surface area (Å²) < 4.78 is 14.5. The third kappa shape index (κ3) is 4.12. The number of primary amides is 1. The second-order valence-electron chi connectivity index (χ2n) is 7.88. The Balaban J connectivity index is 1.53. The summed E-state index contributed by atoms with van der Waals surface area (Å²) in [6, 6.07) is 11.1. The lowest BCUT2D eigenvalue weighted by Gasteiger charge is -2.34. The SMILES string of the molecule is N=C(Cc1ccc(F)c(C(=O)N2CCC3SCCC3C2)c1)c1ccccc1C(N)=O. The van der Waals surface area contributed by atoms with Crippen molar-refractivity contribution in [3.8, 4) is 0 Å². The highest BCUT2D eigenvalue weighted by atomic mass is 32.2. The van der Waals surface area contributed by atoms with Gasteiger partial charge in [0.1, 0.15) is 5.82 Å². The van der Waals surface area contributed by atoms with Gasteiger partial charge in [0.2, 0.25) is 5.91 Å². The van der Waals surface area contributed by atoms with E-state index in [2.05, 4.69) is 0 Å². The highest BCUT2D eigenvalue weighted by Crippen LogP contribution is 2.38. The minimum Gasteiger partial charge on any atom is -0.366 e. The van der Waals surface area contributed by atoms with Gasteiger partial charge in [0.15, 0.2) is 0 Å². The monoisotopic (exact) mass is 425 g/mol. The Morgan fingerprint density at radius 1 is 1.13 bits per heavy atom. The van der Waals surface area contributed by atoms with Gasteiger partial charge in [0.05, 0.1) is 5.56 Å². The fourth-order valence-corrected chi connectivity index (χ4v) is 5.85. The maximum atomic E-state index is 14.5. The maximum absolute atomic E-state index is 14.5. The van der Waals surface area contributed by atoms with Gasteiger partial charge in [-0.05, 0) is 48.3 Å². The van der Waals surface area contributed by atoms with Crippen LogP contribution in [0.3, 0.4) is 0 Å². The first-order valence-electron chi connectivity index (χ1n) is 10.1. The number of rotatable bonds is 5. The molecule has 2 atom stereocenters. The summed E-state index contributed by atoms with van der Waals surface area (Å²) in [7, 11) is 0. The quantitative estimate of drug-likeness (QED) is 0.719. The number of halogens is 1. The lowest BCUT2D eigenvalue weighted by Crippen LogP contribution is -2.43. The fraction of sp³-hybridized carbons (Fsp3) is 0.348. The van der Waals surface area contributed by atoms with E-state index in [0.717, 1.165) is 18.6 Å². The van der Waals surface area contributed by atoms with Crippen LogP contribution in [-0.4, -0.2) is 46.5 Å². The lowest BCUT2D eigenvalue weighted by atomic mass is 9.94. The molecule has 3 N–H and O–H groups in total. The molecule has 0 aliphatic carbocycles. The van der Waals surface area contributed by atoms with Gasteiger partial charge >= 0.3 is 0 Å². The van der Waals surface area contributed by atoms with Crippen molar-refractivity contribution in [3.63, 3.8) is 0 Å². The zero-order chi connectivity index (χ0) is 21.3. The predicted octanol–water partition coefficient (Wildman–Crippen LogP) is 3.50. The first kappa shape index (κ1) is 20.6. The molecule has 30 heavy (non-hydrogen) atoms. The maximum Gasteiger partial charge on any atom is 0.256 e. The number of thioether (sulfide) groups is 1. The minimum atomic E-state index is -0.598. The largest absolute Gasteiger partial charge is 0.366 e. The van der Waals surface area contributed by atoms with E-state index in [1.165, 1.54) is 12.1 Å². The fourth-order valence-electron chi connectivity index (χ4n) is 4.34. The van der Waals surface area contributed by atoms with E-state index in [1.54, 1.807) is 35.2 Å². The van der Waals surface area contributed by atoms with Gasteiger partial charge in [0, 0.05) is 41.6 Å². The molecule has 0 radical (unpaired) electrons. The summed E-state index contributed by atoms with van der Waals surface area (Å²) in [4.78, 5) is 26.4. The van der Waals surface area contributed by atoms with Crippen molar-refractivity contribution in [1.29, 1.82) is 5.41 Å². The first-order chi connectivity index (χ1) is 14.4. The van der Waals surface area contributed by atoms with Crippen LogP contribution < -0.4 is 5.73 Å². The summed E-state index contributed by atoms with van der Waals surface area (Å²) >= 11 is 1.98. The molecule has 4 rings (SSSR count). The molecule has 156 valence electrons. The molecule has 5 nitrogen and oxygen atoms in total. The number of piperidine rings is 1. The number of carbonyl (C=O) groups excluding carboxylic acids is 2. The molecule has 0 spiro atoms. The highest BCUT2D eigenvalue weighted by Gasteiger charge is 2.35. The number of likely N-dealkylation sites (tertiary alicyclic amines) is 1. The van der Waals surface area contributed by atoms with Crippen molar-refractivity contribution < 1.29 is 14.0 Å². The Morgan fingerprint density at radius 3 is 2.67 bits per heavy atom. The Morgan fingerprint density at radius 2 is 1.90 bits per heavy atom. The van der Waals surface area contributed by atoms with Crippen LogP contribution in [0.15, 0.2) is 42.5 Å². The van der Waals surface area contributed by atoms with Gasteiger partial charge in [0.25, 0.3) is 5.91 Å². The van der Waals surface area contributed by atoms with E-state index in [0.29, 0.717) is 35.4 Å². The van der Waals surface area contributed by atoms with Crippen molar-refractivity contribution in [3.05, 3.63) is 70.5 Å². The Hall–Kier alpha value is -2.67. The molecule has 2 fully saturated rings. The van der Waals surface area contributed by atoms with Gasteiger partial charge in [-0.25, -0.2) is 4.39 Å². The first-order valence-corrected chi connectivity index (χ1v) is 11.1. The molecule has 0 aromatic heterocycles. The van der Waals surface area contributed by atoms with E-state index in [1.807, 2.05) is 11.8 Å². The molecular formula is C23H24FN3O2S. The van der Waals surface area contributed by atoms with E-state index in [-0.39, 0.29) is 29.2 Å². The Labute approximate surface area is 179 Å². The molecular weight excluding hydrogens is 401 g/mol. The minimum absolute atomic E-state index is 0.0487. The van der Waals surface area contributed by atoms with Crippen molar-refractivity contribution in [2.45, 2.75) is 24.5 Å². The standard InChI is InChI=1S/C23H24FN3O2S/c24-19-6-5-14(12-20(25)16-3-1-2-4-17(16)22(26)28)11-18(19)23(29)27-9-7-21-15(13-27)8-10-30-21/h1-6,11,15,21,25H,7-10,12-13H2,(H2,26,28). The molecule has 0 bridgehead atoms. The van der Waals surface area contributed by atoms with E-state index in [9.17, 15) is 14.0 Å². The zero-order valence-corrected chi connectivity index (χ0v) is 17.4. The summed E-state index contributed by atoms with van der Waals surface area (Å²) in [5.74, 6) is 0.205. The second kappa shape index (κ2) is 8.60. The molecule has 2 aliphatic rings. The summed E-state index contributed by atoms with van der Waals surface area (Å²) in [5.41, 5.74) is 7.03. The van der Waals surface area contributed by atoms with Crippen LogP contribution in [0.4, 0.5) is 4.39 Å². The molecule has 7 heteroatoms. The summed E-state index contributed by atoms with van der Waals surface area (Å²) in [6.45, 7) is 1.33. The number of nitrogens with zero attached hydrogens (tertiary/aromatic N) is 1. The molecule has 0 saturated carbocycles. The topological polar surface area (TPSA) is 87.2 Å². The van der Waals surface area contributed by atoms with E-state index >= 15 is 0 Å². The van der Waals surface area contributed by atoms with Crippen LogP contribution in [0.1, 0.15) is 44.7 Å². The van der Waals surface area contributed by atoms with E-state index in [4.69, 9.17) is 11.1 Å². The van der Waals surface area contributed by atoms with Crippen molar-refractivity contribution in [2.75, 3.05) is 18.8 Å². The smallest absolute Gasteiger partial charge is 0.256 e. The van der Waals surface area contributed by atoms with Crippen molar-refractivity contribution in [1.82, 2.24) is 4.90 Å². The molecule has 2 unspecified atom stereocenters. The Kier molecular flexibility index (Phi) is 5.90. The molecule has 2 aliphatic heterocycles. The number of hydrogen-bond acceptors (Lipinski definition) is 4. The molecule has 2 saturated heterocycles. The summed E-state index contributed by atoms with van der Waals surface area (Å²) in [6.07, 6.45) is 2.24.